The number of carboxylic acids is 1. The van der Waals surface area contributed by atoms with Crippen LogP contribution >= 0.6 is 0 Å². The van der Waals surface area contributed by atoms with Gasteiger partial charge in [0, 0.05) is 24.7 Å². The smallest absolute Gasteiger partial charge is 0.315 e. The summed E-state index contributed by atoms with van der Waals surface area (Å²) in [5.74, 6) is -1.68. The normalized spacial score (nSPS) is 11.5. The number of nitrogens with zero attached hydrogens (tertiary/aromatic N) is 1. The topological polar surface area (TPSA) is 122 Å². The molecule has 3 N–H and O–H groups in total. The lowest BCUT2D eigenvalue weighted by atomic mass is 10.1. The Morgan fingerprint density at radius 3 is 2.62 bits per heavy atom. The summed E-state index contributed by atoms with van der Waals surface area (Å²) in [4.78, 5) is 32.5. The molecule has 1 atom stereocenters. The maximum Gasteiger partial charge on any atom is 0.315 e. The molecule has 1 unspecified atom stereocenters. The Bertz CT molecular complexity index is 559. The Kier molecular flexibility index (Phi) is 5.65. The second-order valence-electron chi connectivity index (χ2n) is 4.62. The standard InChI is InChI=1S/C13H17N3O5/c1-8(12(17)18)6-14-13(19)15-7-10-4-3-5-11(9(10)2)16(20)21/h3-5,8H,6-7H2,1-2H3,(H,17,18)(H2,14,15,19). The molecule has 0 saturated heterocycles. The number of nitro benzene ring substituents is 1. The summed E-state index contributed by atoms with van der Waals surface area (Å²) in [6.45, 7) is 3.22. The Morgan fingerprint density at radius 2 is 2.05 bits per heavy atom. The van der Waals surface area contributed by atoms with Crippen molar-refractivity contribution in [3.63, 3.8) is 0 Å². The molecule has 8 heteroatoms. The lowest BCUT2D eigenvalue weighted by molar-refractivity contribution is -0.385. The van der Waals surface area contributed by atoms with Crippen LogP contribution in [0.3, 0.4) is 0 Å². The van der Waals surface area contributed by atoms with Crippen LogP contribution in [0.4, 0.5) is 10.5 Å². The molecule has 21 heavy (non-hydrogen) atoms. The van der Waals surface area contributed by atoms with Crippen molar-refractivity contribution < 1.29 is 19.6 Å². The number of hydrogen-bond donors (Lipinski definition) is 3. The Balaban J connectivity index is 2.56. The van der Waals surface area contributed by atoms with Gasteiger partial charge in [-0.15, -0.1) is 0 Å². The van der Waals surface area contributed by atoms with Crippen LogP contribution in [0.1, 0.15) is 18.1 Å². The third-order valence-corrected chi connectivity index (χ3v) is 3.04. The van der Waals surface area contributed by atoms with E-state index in [9.17, 15) is 19.7 Å². The van der Waals surface area contributed by atoms with Gasteiger partial charge in [0.1, 0.15) is 0 Å². The van der Waals surface area contributed by atoms with E-state index in [-0.39, 0.29) is 18.8 Å². The third-order valence-electron chi connectivity index (χ3n) is 3.04. The number of urea groups is 1. The summed E-state index contributed by atoms with van der Waals surface area (Å²) in [5, 5.41) is 24.5. The van der Waals surface area contributed by atoms with E-state index in [2.05, 4.69) is 10.6 Å². The summed E-state index contributed by atoms with van der Waals surface area (Å²) in [6.07, 6.45) is 0. The Morgan fingerprint density at radius 1 is 1.38 bits per heavy atom. The summed E-state index contributed by atoms with van der Waals surface area (Å²) in [7, 11) is 0. The van der Waals surface area contributed by atoms with Gasteiger partial charge in [-0.25, -0.2) is 4.79 Å². The number of carbonyl (C=O) groups excluding carboxylic acids is 1. The molecule has 0 aliphatic rings. The fraction of sp³-hybridized carbons (Fsp3) is 0.385. The molecule has 1 aromatic carbocycles. The van der Waals surface area contributed by atoms with Crippen molar-refractivity contribution in [3.05, 3.63) is 39.4 Å². The second kappa shape index (κ2) is 7.22. The molecule has 0 saturated carbocycles. The van der Waals surface area contributed by atoms with Crippen molar-refractivity contribution in [3.8, 4) is 0 Å². The van der Waals surface area contributed by atoms with Crippen LogP contribution in [0.2, 0.25) is 0 Å². The molecular weight excluding hydrogens is 278 g/mol. The minimum atomic E-state index is -0.996. The molecule has 0 radical (unpaired) electrons. The van der Waals surface area contributed by atoms with Gasteiger partial charge in [-0.05, 0) is 12.5 Å². The van der Waals surface area contributed by atoms with Crippen molar-refractivity contribution >= 4 is 17.7 Å². The Labute approximate surface area is 121 Å². The number of nitro groups is 1. The van der Waals surface area contributed by atoms with Crippen LogP contribution in [0.5, 0.6) is 0 Å². The first-order valence-corrected chi connectivity index (χ1v) is 6.30. The highest BCUT2D eigenvalue weighted by Gasteiger charge is 2.14. The fourth-order valence-electron chi connectivity index (χ4n) is 1.63. The number of amides is 2. The van der Waals surface area contributed by atoms with Crippen molar-refractivity contribution in [2.45, 2.75) is 20.4 Å². The van der Waals surface area contributed by atoms with Crippen LogP contribution < -0.4 is 10.6 Å². The highest BCUT2D eigenvalue weighted by Crippen LogP contribution is 2.20. The van der Waals surface area contributed by atoms with Gasteiger partial charge in [0.05, 0.1) is 10.8 Å². The number of aliphatic carboxylic acids is 1. The lowest BCUT2D eigenvalue weighted by Crippen LogP contribution is -2.38. The van der Waals surface area contributed by atoms with E-state index in [0.717, 1.165) is 0 Å². The average Bonchev–Trinajstić information content (AvgIpc) is 2.43. The first-order valence-electron chi connectivity index (χ1n) is 6.30. The maximum atomic E-state index is 11.5. The first-order chi connectivity index (χ1) is 9.82. The van der Waals surface area contributed by atoms with E-state index in [1.54, 1.807) is 19.1 Å². The summed E-state index contributed by atoms with van der Waals surface area (Å²) >= 11 is 0. The predicted molar refractivity (Wildman–Crippen MR) is 74.9 cm³/mol. The molecular formula is C13H17N3O5. The molecule has 8 nitrogen and oxygen atoms in total. The zero-order chi connectivity index (χ0) is 16.0. The first kappa shape index (κ1) is 16.4. The van der Waals surface area contributed by atoms with E-state index < -0.39 is 22.8 Å². The van der Waals surface area contributed by atoms with Crippen molar-refractivity contribution in [2.75, 3.05) is 6.54 Å². The highest BCUT2D eigenvalue weighted by atomic mass is 16.6. The number of nitrogens with one attached hydrogen (secondary N) is 2. The second-order valence-corrected chi connectivity index (χ2v) is 4.62. The van der Waals surface area contributed by atoms with Crippen molar-refractivity contribution in [1.82, 2.24) is 10.6 Å². The maximum absolute atomic E-state index is 11.5. The molecule has 0 aliphatic carbocycles. The van der Waals surface area contributed by atoms with Crippen LogP contribution in [-0.2, 0) is 11.3 Å². The van der Waals surface area contributed by atoms with Gasteiger partial charge in [0.2, 0.25) is 0 Å². The van der Waals surface area contributed by atoms with Crippen molar-refractivity contribution in [1.29, 1.82) is 0 Å². The third kappa shape index (κ3) is 4.75. The predicted octanol–water partition coefficient (Wildman–Crippen LogP) is 1.42. The summed E-state index contributed by atoms with van der Waals surface area (Å²) < 4.78 is 0. The van der Waals surface area contributed by atoms with E-state index in [4.69, 9.17) is 5.11 Å². The number of carboxylic acid groups (broad SMARTS) is 1. The molecule has 0 fully saturated rings. The molecule has 0 aromatic heterocycles. The van der Waals surface area contributed by atoms with E-state index in [1.807, 2.05) is 0 Å². The number of benzene rings is 1. The molecule has 0 aliphatic heterocycles. The molecule has 0 heterocycles. The number of carbonyl (C=O) groups is 2. The molecule has 0 bridgehead atoms. The minimum Gasteiger partial charge on any atom is -0.481 e. The van der Waals surface area contributed by atoms with Crippen LogP contribution in [0.15, 0.2) is 18.2 Å². The fourth-order valence-corrected chi connectivity index (χ4v) is 1.63. The minimum absolute atomic E-state index is 0.00536. The van der Waals surface area contributed by atoms with Gasteiger partial charge in [-0.3, -0.25) is 14.9 Å². The molecule has 2 amide bonds. The van der Waals surface area contributed by atoms with Gasteiger partial charge in [-0.2, -0.15) is 0 Å². The van der Waals surface area contributed by atoms with Crippen molar-refractivity contribution in [2.24, 2.45) is 5.92 Å². The molecule has 1 aromatic rings. The van der Waals surface area contributed by atoms with Crippen LogP contribution in [-0.4, -0.2) is 28.6 Å². The Hall–Kier alpha value is -2.64. The van der Waals surface area contributed by atoms with Gasteiger partial charge in [0.25, 0.3) is 5.69 Å². The zero-order valence-corrected chi connectivity index (χ0v) is 11.8. The SMILES string of the molecule is Cc1c(CNC(=O)NCC(C)C(=O)O)cccc1[N+](=O)[O-]. The van der Waals surface area contributed by atoms with Gasteiger partial charge >= 0.3 is 12.0 Å². The van der Waals surface area contributed by atoms with Gasteiger partial charge in [0.15, 0.2) is 0 Å². The van der Waals surface area contributed by atoms with Gasteiger partial charge < -0.3 is 15.7 Å². The number of rotatable bonds is 6. The van der Waals surface area contributed by atoms with E-state index in [0.29, 0.717) is 11.1 Å². The van der Waals surface area contributed by atoms with Gasteiger partial charge in [-0.1, -0.05) is 19.1 Å². The average molecular weight is 295 g/mol. The zero-order valence-electron chi connectivity index (χ0n) is 11.8. The van der Waals surface area contributed by atoms with E-state index >= 15 is 0 Å². The van der Waals surface area contributed by atoms with Crippen LogP contribution in [0.25, 0.3) is 0 Å². The lowest BCUT2D eigenvalue weighted by Gasteiger charge is -2.11. The quantitative estimate of drug-likeness (QED) is 0.541. The number of hydrogen-bond acceptors (Lipinski definition) is 4. The van der Waals surface area contributed by atoms with E-state index in [1.165, 1.54) is 13.0 Å². The van der Waals surface area contributed by atoms with Crippen LogP contribution in [0, 0.1) is 23.0 Å². The molecule has 1 rings (SSSR count). The monoisotopic (exact) mass is 295 g/mol. The molecule has 114 valence electrons. The highest BCUT2D eigenvalue weighted by molar-refractivity contribution is 5.75. The molecule has 0 spiro atoms. The summed E-state index contributed by atoms with van der Waals surface area (Å²) in [6, 6.07) is 4.11. The summed E-state index contributed by atoms with van der Waals surface area (Å²) in [5.41, 5.74) is 1.11. The largest absolute Gasteiger partial charge is 0.481 e.